The fourth-order valence-electron chi connectivity index (χ4n) is 2.76. The van der Waals surface area contributed by atoms with E-state index in [9.17, 15) is 17.6 Å². The summed E-state index contributed by atoms with van der Waals surface area (Å²) in [7, 11) is -3.87. The number of carbonyl (C=O) groups is 1. The third-order valence-electron chi connectivity index (χ3n) is 4.38. The molecule has 3 aromatic carbocycles. The van der Waals surface area contributed by atoms with Gasteiger partial charge in [-0.05, 0) is 78.9 Å². The molecule has 8 nitrogen and oxygen atoms in total. The van der Waals surface area contributed by atoms with Crippen molar-refractivity contribution in [1.29, 1.82) is 0 Å². The van der Waals surface area contributed by atoms with Gasteiger partial charge in [-0.25, -0.2) is 27.5 Å². The summed E-state index contributed by atoms with van der Waals surface area (Å²) < 4.78 is 45.7. The van der Waals surface area contributed by atoms with Gasteiger partial charge < -0.3 is 10.1 Å². The topological polar surface area (TPSA) is 110 Å². The molecule has 0 unspecified atom stereocenters. The monoisotopic (exact) mass is 464 g/mol. The summed E-state index contributed by atoms with van der Waals surface area (Å²) in [5, 5.41) is 2.70. The van der Waals surface area contributed by atoms with E-state index in [2.05, 4.69) is 20.0 Å². The minimum Gasteiger partial charge on any atom is -0.457 e. The molecule has 1 heterocycles. The number of carbonyl (C=O) groups excluding carboxylic acids is 1. The zero-order chi connectivity index (χ0) is 23.3. The SMILES string of the molecule is O=C(Nc1ccc(S(=O)(=O)Nc2ncccn2)cc1)c1ccc(Oc2ccc(F)cc2)cc1. The van der Waals surface area contributed by atoms with Crippen molar-refractivity contribution in [2.24, 2.45) is 0 Å². The standard InChI is InChI=1S/C23H17FN4O4S/c24-17-4-10-20(11-5-17)32-19-8-2-16(3-9-19)22(29)27-18-6-12-21(13-7-18)33(30,31)28-23-25-14-1-15-26-23/h1-15H,(H,27,29)(H,25,26,28). The van der Waals surface area contributed by atoms with E-state index in [0.29, 0.717) is 22.7 Å². The van der Waals surface area contributed by atoms with Crippen molar-refractivity contribution in [2.75, 3.05) is 10.0 Å². The maximum Gasteiger partial charge on any atom is 0.264 e. The molecule has 0 spiro atoms. The molecule has 10 heteroatoms. The first-order valence-corrected chi connectivity index (χ1v) is 11.1. The lowest BCUT2D eigenvalue weighted by atomic mass is 10.2. The number of rotatable bonds is 7. The molecule has 1 aromatic heterocycles. The van der Waals surface area contributed by atoms with Gasteiger partial charge in [-0.3, -0.25) is 4.79 Å². The Morgan fingerprint density at radius 1 is 0.818 bits per heavy atom. The van der Waals surface area contributed by atoms with Gasteiger partial charge in [0.05, 0.1) is 4.90 Å². The summed E-state index contributed by atoms with van der Waals surface area (Å²) in [4.78, 5) is 20.2. The summed E-state index contributed by atoms with van der Waals surface area (Å²) in [6.45, 7) is 0. The maximum atomic E-state index is 13.0. The van der Waals surface area contributed by atoms with E-state index < -0.39 is 10.0 Å². The average molecular weight is 464 g/mol. The number of nitrogens with zero attached hydrogens (tertiary/aromatic N) is 2. The summed E-state index contributed by atoms with van der Waals surface area (Å²) in [5.74, 6) is 0.178. The van der Waals surface area contributed by atoms with Gasteiger partial charge in [0.2, 0.25) is 5.95 Å². The Morgan fingerprint density at radius 2 is 1.39 bits per heavy atom. The van der Waals surface area contributed by atoms with Crippen LogP contribution in [0.15, 0.2) is 96.2 Å². The Balaban J connectivity index is 1.38. The zero-order valence-electron chi connectivity index (χ0n) is 17.0. The number of hydrogen-bond acceptors (Lipinski definition) is 6. The van der Waals surface area contributed by atoms with Crippen LogP contribution in [-0.4, -0.2) is 24.3 Å². The maximum absolute atomic E-state index is 13.0. The van der Waals surface area contributed by atoms with Gasteiger partial charge in [-0.1, -0.05) is 0 Å². The van der Waals surface area contributed by atoms with Gasteiger partial charge in [0, 0.05) is 23.6 Å². The lowest BCUT2D eigenvalue weighted by Crippen LogP contribution is -2.15. The Labute approximate surface area is 189 Å². The highest BCUT2D eigenvalue weighted by atomic mass is 32.2. The van der Waals surface area contributed by atoms with Crippen LogP contribution in [0, 0.1) is 5.82 Å². The average Bonchev–Trinajstić information content (AvgIpc) is 2.82. The van der Waals surface area contributed by atoms with Gasteiger partial charge in [0.15, 0.2) is 0 Å². The predicted molar refractivity (Wildman–Crippen MR) is 120 cm³/mol. The summed E-state index contributed by atoms with van der Waals surface area (Å²) >= 11 is 0. The zero-order valence-corrected chi connectivity index (χ0v) is 17.8. The van der Waals surface area contributed by atoms with E-state index >= 15 is 0 Å². The summed E-state index contributed by atoms with van der Waals surface area (Å²) in [5.41, 5.74) is 0.794. The van der Waals surface area contributed by atoms with Crippen LogP contribution < -0.4 is 14.8 Å². The Morgan fingerprint density at radius 3 is 2.00 bits per heavy atom. The van der Waals surface area contributed by atoms with Crippen LogP contribution in [0.5, 0.6) is 11.5 Å². The molecule has 0 bridgehead atoms. The predicted octanol–water partition coefficient (Wildman–Crippen LogP) is 4.46. The van der Waals surface area contributed by atoms with Crippen molar-refractivity contribution in [3.63, 3.8) is 0 Å². The molecular formula is C23H17FN4O4S. The van der Waals surface area contributed by atoms with Crippen molar-refractivity contribution in [3.05, 3.63) is 103 Å². The van der Waals surface area contributed by atoms with Crippen LogP contribution in [0.4, 0.5) is 16.0 Å². The molecule has 0 aliphatic heterocycles. The van der Waals surface area contributed by atoms with Crippen molar-refractivity contribution >= 4 is 27.6 Å². The van der Waals surface area contributed by atoms with E-state index in [1.165, 1.54) is 60.9 Å². The van der Waals surface area contributed by atoms with E-state index in [1.807, 2.05) is 0 Å². The second kappa shape index (κ2) is 9.45. The van der Waals surface area contributed by atoms with Crippen LogP contribution in [0.3, 0.4) is 0 Å². The van der Waals surface area contributed by atoms with Gasteiger partial charge in [0.25, 0.3) is 15.9 Å². The van der Waals surface area contributed by atoms with Crippen LogP contribution in [-0.2, 0) is 10.0 Å². The Hall–Kier alpha value is -4.31. The van der Waals surface area contributed by atoms with Gasteiger partial charge in [-0.2, -0.15) is 0 Å². The third-order valence-corrected chi connectivity index (χ3v) is 5.72. The third kappa shape index (κ3) is 5.69. The second-order valence-corrected chi connectivity index (χ2v) is 8.42. The number of aromatic nitrogens is 2. The fourth-order valence-corrected chi connectivity index (χ4v) is 3.72. The second-order valence-electron chi connectivity index (χ2n) is 6.74. The molecule has 0 saturated heterocycles. The molecule has 0 aliphatic rings. The van der Waals surface area contributed by atoms with Gasteiger partial charge >= 0.3 is 0 Å². The molecular weight excluding hydrogens is 447 g/mol. The van der Waals surface area contributed by atoms with E-state index in [1.54, 1.807) is 30.3 Å². The quantitative estimate of drug-likeness (QED) is 0.418. The number of sulfonamides is 1. The summed E-state index contributed by atoms with van der Waals surface area (Å²) in [6.07, 6.45) is 2.84. The number of benzene rings is 3. The molecule has 0 saturated carbocycles. The van der Waals surface area contributed by atoms with E-state index in [-0.39, 0.29) is 22.6 Å². The van der Waals surface area contributed by atoms with Crippen LogP contribution in [0.2, 0.25) is 0 Å². The van der Waals surface area contributed by atoms with Crippen molar-refractivity contribution in [2.45, 2.75) is 4.90 Å². The molecule has 0 radical (unpaired) electrons. The van der Waals surface area contributed by atoms with Crippen LogP contribution >= 0.6 is 0 Å². The first-order valence-electron chi connectivity index (χ1n) is 9.64. The minimum atomic E-state index is -3.87. The van der Waals surface area contributed by atoms with Crippen molar-refractivity contribution in [3.8, 4) is 11.5 Å². The van der Waals surface area contributed by atoms with E-state index in [0.717, 1.165) is 0 Å². The molecule has 4 rings (SSSR count). The highest BCUT2D eigenvalue weighted by molar-refractivity contribution is 7.92. The molecule has 0 aliphatic carbocycles. The number of amides is 1. The molecule has 1 amide bonds. The molecule has 0 fully saturated rings. The number of anilines is 2. The van der Waals surface area contributed by atoms with Crippen molar-refractivity contribution < 1.29 is 22.3 Å². The number of nitrogens with one attached hydrogen (secondary N) is 2. The van der Waals surface area contributed by atoms with Crippen LogP contribution in [0.25, 0.3) is 0 Å². The smallest absolute Gasteiger partial charge is 0.264 e. The highest BCUT2D eigenvalue weighted by Crippen LogP contribution is 2.22. The highest BCUT2D eigenvalue weighted by Gasteiger charge is 2.16. The lowest BCUT2D eigenvalue weighted by Gasteiger charge is -2.09. The molecule has 2 N–H and O–H groups in total. The Bertz CT molecular complexity index is 1350. The number of halogens is 1. The van der Waals surface area contributed by atoms with Crippen molar-refractivity contribution in [1.82, 2.24) is 9.97 Å². The first-order chi connectivity index (χ1) is 15.9. The van der Waals surface area contributed by atoms with Gasteiger partial charge in [0.1, 0.15) is 17.3 Å². The Kier molecular flexibility index (Phi) is 6.27. The molecule has 166 valence electrons. The molecule has 0 atom stereocenters. The van der Waals surface area contributed by atoms with E-state index in [4.69, 9.17) is 4.74 Å². The minimum absolute atomic E-state index is 0.00440. The number of hydrogen-bond donors (Lipinski definition) is 2. The number of ether oxygens (including phenoxy) is 1. The summed E-state index contributed by atoms with van der Waals surface area (Å²) in [6, 6.07) is 19.2. The first kappa shape index (κ1) is 21.9. The normalized spacial score (nSPS) is 10.9. The molecule has 33 heavy (non-hydrogen) atoms. The molecule has 4 aromatic rings. The largest absolute Gasteiger partial charge is 0.457 e. The van der Waals surface area contributed by atoms with Crippen LogP contribution in [0.1, 0.15) is 10.4 Å². The lowest BCUT2D eigenvalue weighted by molar-refractivity contribution is 0.102. The van der Waals surface area contributed by atoms with Gasteiger partial charge in [-0.15, -0.1) is 0 Å². The fraction of sp³-hybridized carbons (Fsp3) is 0.